The quantitative estimate of drug-likeness (QED) is 0.201. The van der Waals surface area contributed by atoms with Gasteiger partial charge < -0.3 is 25.5 Å². The number of carbonyl (C=O) groups excluding carboxylic acids is 2. The van der Waals surface area contributed by atoms with Crippen LogP contribution < -0.4 is 11.1 Å². The van der Waals surface area contributed by atoms with Gasteiger partial charge in [0.1, 0.15) is 24.0 Å². The van der Waals surface area contributed by atoms with Crippen LogP contribution in [-0.2, 0) is 19.2 Å². The SMILES string of the molecule is C[N+](C)(C)CC1=C(C(=O)O)N2C(=O)C(NC(=O)C(=NOC(F)F)c3csc(N)n3)C2CS1. The van der Waals surface area contributed by atoms with Gasteiger partial charge in [0, 0.05) is 11.1 Å². The molecule has 2 aliphatic heterocycles. The van der Waals surface area contributed by atoms with E-state index in [0.29, 0.717) is 21.7 Å². The Labute approximate surface area is 189 Å². The van der Waals surface area contributed by atoms with Crippen molar-refractivity contribution in [3.8, 4) is 0 Å². The van der Waals surface area contributed by atoms with Crippen molar-refractivity contribution in [1.82, 2.24) is 15.2 Å². The maximum absolute atomic E-state index is 12.8. The average molecular weight is 492 g/mol. The highest BCUT2D eigenvalue weighted by Crippen LogP contribution is 2.39. The number of halogens is 2. The first-order valence-electron chi connectivity index (χ1n) is 9.16. The summed E-state index contributed by atoms with van der Waals surface area (Å²) in [4.78, 5) is 46.8. The number of carboxylic acid groups (broad SMARTS) is 1. The van der Waals surface area contributed by atoms with E-state index < -0.39 is 42.2 Å². The van der Waals surface area contributed by atoms with Gasteiger partial charge in [0.05, 0.1) is 32.1 Å². The van der Waals surface area contributed by atoms with Gasteiger partial charge in [-0.1, -0.05) is 5.16 Å². The fraction of sp³-hybridized carbons (Fsp3) is 0.471. The Morgan fingerprint density at radius 3 is 2.69 bits per heavy atom. The van der Waals surface area contributed by atoms with Gasteiger partial charge >= 0.3 is 12.6 Å². The maximum Gasteiger partial charge on any atom is 0.407 e. The number of hydrogen-bond acceptors (Lipinski definition) is 9. The number of quaternary nitrogens is 1. The number of anilines is 1. The summed E-state index contributed by atoms with van der Waals surface area (Å²) in [5, 5.41) is 16.7. The second kappa shape index (κ2) is 8.99. The Morgan fingerprint density at radius 2 is 2.16 bits per heavy atom. The maximum atomic E-state index is 12.8. The third kappa shape index (κ3) is 4.99. The van der Waals surface area contributed by atoms with E-state index in [9.17, 15) is 28.3 Å². The number of rotatable bonds is 8. The average Bonchev–Trinajstić information content (AvgIpc) is 3.10. The second-order valence-electron chi connectivity index (χ2n) is 7.94. The van der Waals surface area contributed by atoms with Crippen molar-refractivity contribution < 1.29 is 37.6 Å². The molecule has 1 aromatic rings. The number of β-lactam (4-membered cyclic amide) rings is 1. The molecule has 1 saturated heterocycles. The molecule has 11 nitrogen and oxygen atoms in total. The van der Waals surface area contributed by atoms with E-state index in [4.69, 9.17) is 5.73 Å². The lowest BCUT2D eigenvalue weighted by molar-refractivity contribution is -0.864. The second-order valence-corrected chi connectivity index (χ2v) is 9.94. The smallest absolute Gasteiger partial charge is 0.407 e. The van der Waals surface area contributed by atoms with Crippen LogP contribution in [0.15, 0.2) is 21.1 Å². The predicted octanol–water partition coefficient (Wildman–Crippen LogP) is 0.113. The van der Waals surface area contributed by atoms with Gasteiger partial charge in [-0.2, -0.15) is 8.78 Å². The van der Waals surface area contributed by atoms with Crippen LogP contribution >= 0.6 is 23.1 Å². The molecule has 1 aromatic heterocycles. The molecule has 15 heteroatoms. The highest BCUT2D eigenvalue weighted by Gasteiger charge is 2.54. The zero-order valence-electron chi connectivity index (χ0n) is 17.2. The molecule has 4 N–H and O–H groups in total. The molecule has 0 bridgehead atoms. The summed E-state index contributed by atoms with van der Waals surface area (Å²) >= 11 is 2.26. The number of amides is 2. The molecular formula is C17H21F2N6O5S2+. The molecule has 2 aliphatic rings. The third-order valence-electron chi connectivity index (χ3n) is 4.46. The zero-order valence-corrected chi connectivity index (χ0v) is 18.9. The van der Waals surface area contributed by atoms with Crippen LogP contribution in [0.2, 0.25) is 0 Å². The fourth-order valence-corrected chi connectivity index (χ4v) is 5.28. The largest absolute Gasteiger partial charge is 0.477 e. The van der Waals surface area contributed by atoms with E-state index in [2.05, 4.69) is 20.3 Å². The normalized spacial score (nSPS) is 21.4. The summed E-state index contributed by atoms with van der Waals surface area (Å²) in [6, 6.07) is -1.67. The lowest BCUT2D eigenvalue weighted by Crippen LogP contribution is -2.73. The van der Waals surface area contributed by atoms with Gasteiger partial charge in [0.15, 0.2) is 10.8 Å². The van der Waals surface area contributed by atoms with Crippen molar-refractivity contribution in [3.05, 3.63) is 21.7 Å². The van der Waals surface area contributed by atoms with Crippen LogP contribution in [0, 0.1) is 0 Å². The number of nitrogens with two attached hydrogens (primary N) is 1. The highest BCUT2D eigenvalue weighted by molar-refractivity contribution is 8.03. The lowest BCUT2D eigenvalue weighted by atomic mass is 9.94. The molecule has 0 radical (unpaired) electrons. The minimum Gasteiger partial charge on any atom is -0.477 e. The van der Waals surface area contributed by atoms with E-state index in [0.717, 1.165) is 16.2 Å². The molecular weight excluding hydrogens is 470 g/mol. The lowest BCUT2D eigenvalue weighted by Gasteiger charge is -2.50. The first-order chi connectivity index (χ1) is 14.9. The number of aliphatic carboxylic acids is 1. The Bertz CT molecular complexity index is 1010. The highest BCUT2D eigenvalue weighted by atomic mass is 32.2. The number of nitrogen functional groups attached to an aromatic ring is 1. The molecule has 1 fully saturated rings. The molecule has 0 aliphatic carbocycles. The number of nitrogens with one attached hydrogen (secondary N) is 1. The van der Waals surface area contributed by atoms with Crippen molar-refractivity contribution in [3.63, 3.8) is 0 Å². The number of carbonyl (C=O) groups is 3. The number of alkyl halides is 2. The summed E-state index contributed by atoms with van der Waals surface area (Å²) in [7, 11) is 5.69. The number of fused-ring (bicyclic) bond motifs is 1. The number of thioether (sulfide) groups is 1. The molecule has 2 atom stereocenters. The monoisotopic (exact) mass is 491 g/mol. The Hall–Kier alpha value is -2.78. The fourth-order valence-electron chi connectivity index (χ4n) is 3.21. The minimum absolute atomic E-state index is 0.0770. The number of thiazole rings is 1. The van der Waals surface area contributed by atoms with Gasteiger partial charge in [-0.25, -0.2) is 9.78 Å². The molecule has 0 spiro atoms. The Morgan fingerprint density at radius 1 is 1.47 bits per heavy atom. The van der Waals surface area contributed by atoms with Gasteiger partial charge in [0.25, 0.3) is 11.8 Å². The van der Waals surface area contributed by atoms with Gasteiger partial charge in [-0.05, 0) is 0 Å². The molecule has 2 amide bonds. The Kier molecular flexibility index (Phi) is 6.71. The number of hydrogen-bond donors (Lipinski definition) is 3. The van der Waals surface area contributed by atoms with Crippen molar-refractivity contribution in [1.29, 1.82) is 0 Å². The van der Waals surface area contributed by atoms with Crippen LogP contribution in [0.25, 0.3) is 0 Å². The number of oxime groups is 1. The van der Waals surface area contributed by atoms with Crippen molar-refractivity contribution >= 4 is 51.7 Å². The van der Waals surface area contributed by atoms with Crippen LogP contribution in [0.1, 0.15) is 5.69 Å². The topological polar surface area (TPSA) is 147 Å². The first kappa shape index (κ1) is 23.9. The molecule has 2 unspecified atom stereocenters. The molecule has 3 rings (SSSR count). The third-order valence-corrected chi connectivity index (χ3v) is 6.32. The number of carboxylic acids is 1. The van der Waals surface area contributed by atoms with Crippen LogP contribution in [0.3, 0.4) is 0 Å². The molecule has 32 heavy (non-hydrogen) atoms. The summed E-state index contributed by atoms with van der Waals surface area (Å²) in [5.74, 6) is -2.48. The van der Waals surface area contributed by atoms with Crippen LogP contribution in [-0.4, -0.2) is 95.1 Å². The molecule has 3 heterocycles. The number of likely N-dealkylation sites (N-methyl/N-ethyl adjacent to an activating group) is 1. The zero-order chi connectivity index (χ0) is 23.8. The summed E-state index contributed by atoms with van der Waals surface area (Å²) in [6.45, 7) is -2.86. The van der Waals surface area contributed by atoms with Crippen molar-refractivity contribution in [2.45, 2.75) is 18.7 Å². The van der Waals surface area contributed by atoms with Crippen LogP contribution in [0.4, 0.5) is 13.9 Å². The predicted molar refractivity (Wildman–Crippen MR) is 113 cm³/mol. The van der Waals surface area contributed by atoms with E-state index in [1.165, 1.54) is 17.1 Å². The van der Waals surface area contributed by atoms with E-state index in [1.54, 1.807) is 0 Å². The van der Waals surface area contributed by atoms with Crippen LogP contribution in [0.5, 0.6) is 0 Å². The summed E-state index contributed by atoms with van der Waals surface area (Å²) < 4.78 is 25.4. The van der Waals surface area contributed by atoms with Gasteiger partial charge in [0.2, 0.25) is 0 Å². The van der Waals surface area contributed by atoms with Crippen molar-refractivity contribution in [2.75, 3.05) is 39.2 Å². The van der Waals surface area contributed by atoms with Gasteiger partial charge in [-0.15, -0.1) is 23.1 Å². The van der Waals surface area contributed by atoms with Crippen molar-refractivity contribution in [2.24, 2.45) is 5.16 Å². The molecule has 0 saturated carbocycles. The van der Waals surface area contributed by atoms with Gasteiger partial charge in [-0.3, -0.25) is 14.5 Å². The summed E-state index contributed by atoms with van der Waals surface area (Å²) in [6.07, 6.45) is 0. The Balaban J connectivity index is 1.81. The molecule has 174 valence electrons. The van der Waals surface area contributed by atoms with E-state index in [-0.39, 0.29) is 16.5 Å². The summed E-state index contributed by atoms with van der Waals surface area (Å²) in [5.41, 5.74) is 4.74. The standard InChI is InChI=1S/C17H20F2N6O5S2/c1-25(2,3)4-9-12(15(28)29)24-8(6-31-9)11(14(24)27)22-13(26)10(23-30-16(18)19)7-5-32-17(20)21-7/h5,8,11,16H,4,6H2,1-3H3,(H3-,20,21,22,26,28,29)/p+1. The van der Waals surface area contributed by atoms with E-state index in [1.807, 2.05) is 21.1 Å². The number of aromatic nitrogens is 1. The minimum atomic E-state index is -3.27. The van der Waals surface area contributed by atoms with E-state index >= 15 is 0 Å². The molecule has 0 aromatic carbocycles. The number of nitrogens with zero attached hydrogens (tertiary/aromatic N) is 4. The first-order valence-corrected chi connectivity index (χ1v) is 11.0.